The van der Waals surface area contributed by atoms with Crippen LogP contribution >= 0.6 is 0 Å². The molecule has 0 atom stereocenters. The fourth-order valence-corrected chi connectivity index (χ4v) is 1.14. The van der Waals surface area contributed by atoms with Crippen LogP contribution < -0.4 is 5.43 Å². The second-order valence-corrected chi connectivity index (χ2v) is 2.38. The average molecular weight is 143 g/mol. The van der Waals surface area contributed by atoms with Crippen LogP contribution in [-0.2, 0) is 9.47 Å². The lowest BCUT2D eigenvalue weighted by atomic mass is 10.5. The van der Waals surface area contributed by atoms with Crippen molar-refractivity contribution < 1.29 is 9.47 Å². The van der Waals surface area contributed by atoms with Crippen molar-refractivity contribution in [2.45, 2.75) is 6.42 Å². The van der Waals surface area contributed by atoms with Gasteiger partial charge in [0.1, 0.15) is 0 Å². The van der Waals surface area contributed by atoms with Crippen LogP contribution in [0.3, 0.4) is 0 Å². The molecule has 2 aliphatic rings. The molecular weight excluding hydrogens is 132 g/mol. The van der Waals surface area contributed by atoms with E-state index in [4.69, 9.17) is 9.47 Å². The summed E-state index contributed by atoms with van der Waals surface area (Å²) in [5, 5.41) is 1.92. The van der Waals surface area contributed by atoms with Crippen molar-refractivity contribution in [3.63, 3.8) is 0 Å². The summed E-state index contributed by atoms with van der Waals surface area (Å²) in [6, 6.07) is 0. The van der Waals surface area contributed by atoms with Crippen LogP contribution in [0, 0.1) is 6.41 Å². The first kappa shape index (κ1) is 6.54. The monoisotopic (exact) mass is 143 g/mol. The van der Waals surface area contributed by atoms with Crippen LogP contribution in [0.5, 0.6) is 0 Å². The Morgan fingerprint density at radius 3 is 2.70 bits per heavy atom. The van der Waals surface area contributed by atoms with E-state index in [9.17, 15) is 0 Å². The Morgan fingerprint density at radius 1 is 1.30 bits per heavy atom. The van der Waals surface area contributed by atoms with E-state index in [0.29, 0.717) is 19.6 Å². The van der Waals surface area contributed by atoms with Gasteiger partial charge in [-0.2, -0.15) is 5.01 Å². The molecule has 1 radical (unpaired) electrons. The van der Waals surface area contributed by atoms with Gasteiger partial charge in [0.15, 0.2) is 0 Å². The largest absolute Gasteiger partial charge is 0.328 e. The lowest BCUT2D eigenvalue weighted by Crippen LogP contribution is -2.35. The molecule has 10 heavy (non-hydrogen) atoms. The predicted octanol–water partition coefficient (Wildman–Crippen LogP) is -0.310. The fourth-order valence-electron chi connectivity index (χ4n) is 1.14. The Balaban J connectivity index is 1.85. The summed E-state index contributed by atoms with van der Waals surface area (Å²) in [6.45, 7) is 3.40. The molecule has 0 aliphatic carbocycles. The van der Waals surface area contributed by atoms with E-state index in [2.05, 4.69) is 5.43 Å². The molecule has 4 nitrogen and oxygen atoms in total. The van der Waals surface area contributed by atoms with Crippen molar-refractivity contribution in [1.82, 2.24) is 10.4 Å². The summed E-state index contributed by atoms with van der Waals surface area (Å²) >= 11 is 0. The highest BCUT2D eigenvalue weighted by atomic mass is 16.7. The van der Waals surface area contributed by atoms with E-state index in [1.54, 1.807) is 0 Å². The SMILES string of the molecule is C1CNN([C]2OCCO2)C1. The van der Waals surface area contributed by atoms with Crippen LogP contribution in [0.25, 0.3) is 0 Å². The molecule has 4 heteroatoms. The number of nitrogens with one attached hydrogen (secondary N) is 1. The minimum Gasteiger partial charge on any atom is -0.328 e. The van der Waals surface area contributed by atoms with E-state index in [1.165, 1.54) is 0 Å². The zero-order valence-electron chi connectivity index (χ0n) is 5.80. The number of hydrogen-bond donors (Lipinski definition) is 1. The zero-order chi connectivity index (χ0) is 6.81. The van der Waals surface area contributed by atoms with Crippen LogP contribution in [0.2, 0.25) is 0 Å². The summed E-state index contributed by atoms with van der Waals surface area (Å²) in [5.74, 6) is 0. The van der Waals surface area contributed by atoms with Crippen LogP contribution in [0.4, 0.5) is 0 Å². The second kappa shape index (κ2) is 2.84. The van der Waals surface area contributed by atoms with Crippen molar-refractivity contribution >= 4 is 0 Å². The quantitative estimate of drug-likeness (QED) is 0.546. The molecule has 57 valence electrons. The van der Waals surface area contributed by atoms with Crippen molar-refractivity contribution in [3.05, 3.63) is 6.41 Å². The first-order chi connectivity index (χ1) is 4.97. The highest BCUT2D eigenvalue weighted by Gasteiger charge is 2.28. The van der Waals surface area contributed by atoms with Gasteiger partial charge in [-0.15, -0.1) is 0 Å². The molecule has 2 rings (SSSR count). The van der Waals surface area contributed by atoms with E-state index in [1.807, 2.05) is 5.01 Å². The molecule has 2 heterocycles. The molecule has 1 N–H and O–H groups in total. The summed E-state index contributed by atoms with van der Waals surface area (Å²) < 4.78 is 10.4. The molecule has 2 saturated heterocycles. The Kier molecular flexibility index (Phi) is 1.86. The number of nitrogens with zero attached hydrogens (tertiary/aromatic N) is 1. The minimum atomic E-state index is 0.650. The van der Waals surface area contributed by atoms with Gasteiger partial charge in [0.25, 0.3) is 0 Å². The number of hydrogen-bond acceptors (Lipinski definition) is 4. The average Bonchev–Trinajstić information content (AvgIpc) is 2.59. The third kappa shape index (κ3) is 1.15. The second-order valence-electron chi connectivity index (χ2n) is 2.38. The molecule has 0 spiro atoms. The summed E-state index contributed by atoms with van der Waals surface area (Å²) in [7, 11) is 0. The minimum absolute atomic E-state index is 0.650. The number of rotatable bonds is 1. The van der Waals surface area contributed by atoms with Gasteiger partial charge in [-0.1, -0.05) is 0 Å². The van der Waals surface area contributed by atoms with E-state index in [-0.39, 0.29) is 0 Å². The summed E-state index contributed by atoms with van der Waals surface area (Å²) in [6.07, 6.45) is 1.81. The molecule has 0 aromatic rings. The fraction of sp³-hybridized carbons (Fsp3) is 0.833. The highest BCUT2D eigenvalue weighted by molar-refractivity contribution is 4.74. The van der Waals surface area contributed by atoms with E-state index < -0.39 is 0 Å². The third-order valence-electron chi connectivity index (χ3n) is 1.62. The molecule has 0 aromatic heterocycles. The molecule has 0 bridgehead atoms. The molecule has 0 aromatic carbocycles. The first-order valence-electron chi connectivity index (χ1n) is 3.60. The maximum atomic E-state index is 5.19. The zero-order valence-corrected chi connectivity index (χ0v) is 5.80. The Morgan fingerprint density at radius 2 is 2.10 bits per heavy atom. The van der Waals surface area contributed by atoms with E-state index in [0.717, 1.165) is 19.5 Å². The van der Waals surface area contributed by atoms with Crippen molar-refractivity contribution in [2.75, 3.05) is 26.3 Å². The molecule has 0 unspecified atom stereocenters. The third-order valence-corrected chi connectivity index (χ3v) is 1.62. The smallest absolute Gasteiger partial charge is 0.317 e. The lowest BCUT2D eigenvalue weighted by Gasteiger charge is -2.17. The van der Waals surface area contributed by atoms with Gasteiger partial charge in [-0.05, 0) is 6.42 Å². The van der Waals surface area contributed by atoms with Gasteiger partial charge in [0, 0.05) is 13.1 Å². The standard InChI is InChI=1S/C6H11N2O2/c1-2-7-8(3-1)6-9-4-5-10-6/h7H,1-5H2. The first-order valence-corrected chi connectivity index (χ1v) is 3.60. The van der Waals surface area contributed by atoms with Crippen molar-refractivity contribution in [3.8, 4) is 0 Å². The van der Waals surface area contributed by atoms with E-state index >= 15 is 0 Å². The summed E-state index contributed by atoms with van der Waals surface area (Å²) in [4.78, 5) is 0. The Bertz CT molecular complexity index is 94.3. The summed E-state index contributed by atoms with van der Waals surface area (Å²) in [5.41, 5.74) is 3.14. The van der Waals surface area contributed by atoms with Crippen molar-refractivity contribution in [2.24, 2.45) is 0 Å². The highest BCUT2D eigenvalue weighted by Crippen LogP contribution is 2.17. The molecule has 0 amide bonds. The number of hydrazine groups is 1. The maximum absolute atomic E-state index is 5.19. The Hall–Kier alpha value is -0.160. The van der Waals surface area contributed by atoms with Gasteiger partial charge < -0.3 is 9.47 Å². The van der Waals surface area contributed by atoms with Crippen molar-refractivity contribution in [1.29, 1.82) is 0 Å². The molecular formula is C6H11N2O2. The predicted molar refractivity (Wildman–Crippen MR) is 34.5 cm³/mol. The topological polar surface area (TPSA) is 33.7 Å². The van der Waals surface area contributed by atoms with Gasteiger partial charge >= 0.3 is 6.41 Å². The van der Waals surface area contributed by atoms with Crippen LogP contribution in [0.1, 0.15) is 6.42 Å². The van der Waals surface area contributed by atoms with Crippen LogP contribution in [0.15, 0.2) is 0 Å². The molecule has 2 fully saturated rings. The van der Waals surface area contributed by atoms with Gasteiger partial charge in [-0.25, -0.2) is 0 Å². The number of ether oxygens (including phenoxy) is 2. The molecule has 0 saturated carbocycles. The normalized spacial score (nSPS) is 30.0. The lowest BCUT2D eigenvalue weighted by molar-refractivity contribution is -0.0527. The van der Waals surface area contributed by atoms with Gasteiger partial charge in [0.05, 0.1) is 13.2 Å². The maximum Gasteiger partial charge on any atom is 0.317 e. The molecule has 2 aliphatic heterocycles. The Labute approximate surface area is 60.1 Å². The van der Waals surface area contributed by atoms with Gasteiger partial charge in [-0.3, -0.25) is 5.43 Å². The van der Waals surface area contributed by atoms with Crippen LogP contribution in [-0.4, -0.2) is 31.3 Å². The van der Waals surface area contributed by atoms with Gasteiger partial charge in [0.2, 0.25) is 0 Å².